The summed E-state index contributed by atoms with van der Waals surface area (Å²) in [5, 5.41) is 0.532. The molecule has 18 heavy (non-hydrogen) atoms. The van der Waals surface area contributed by atoms with Gasteiger partial charge < -0.3 is 4.57 Å². The van der Waals surface area contributed by atoms with Crippen LogP contribution in [-0.2, 0) is 0 Å². The third kappa shape index (κ3) is 1.48. The first-order valence-corrected chi connectivity index (χ1v) is 7.03. The van der Waals surface area contributed by atoms with Crippen molar-refractivity contribution in [1.29, 1.82) is 0 Å². The first kappa shape index (κ1) is 11.0. The lowest BCUT2D eigenvalue weighted by Crippen LogP contribution is -2.15. The summed E-state index contributed by atoms with van der Waals surface area (Å²) in [5.41, 5.74) is 1.43. The fourth-order valence-electron chi connectivity index (χ4n) is 3.65. The average molecular weight is 283 g/mol. The van der Waals surface area contributed by atoms with Gasteiger partial charge in [-0.2, -0.15) is 4.98 Å². The smallest absolute Gasteiger partial charge is 0.225 e. The van der Waals surface area contributed by atoms with Crippen LogP contribution in [0.5, 0.6) is 0 Å². The molecule has 0 N–H and O–H groups in total. The normalized spacial score (nSPS) is 30.4. The van der Waals surface area contributed by atoms with E-state index in [2.05, 4.69) is 19.5 Å². The van der Waals surface area contributed by atoms with Crippen molar-refractivity contribution in [2.45, 2.75) is 31.7 Å². The van der Waals surface area contributed by atoms with E-state index in [1.54, 1.807) is 0 Å². The zero-order valence-corrected chi connectivity index (χ0v) is 11.2. The Morgan fingerprint density at radius 2 is 2.06 bits per heavy atom. The van der Waals surface area contributed by atoms with Crippen molar-refractivity contribution >= 4 is 34.4 Å². The Bertz CT molecular complexity index is 624. The molecule has 2 aliphatic rings. The number of nitrogens with zero attached hydrogens (tertiary/aromatic N) is 4. The Kier molecular flexibility index (Phi) is 2.33. The number of aromatic nitrogens is 4. The lowest BCUT2D eigenvalue weighted by Gasteiger charge is -2.23. The summed E-state index contributed by atoms with van der Waals surface area (Å²) in [6.45, 7) is 0. The van der Waals surface area contributed by atoms with Crippen LogP contribution in [0.1, 0.15) is 31.7 Å². The van der Waals surface area contributed by atoms with Gasteiger partial charge in [-0.15, -0.1) is 0 Å². The summed E-state index contributed by atoms with van der Waals surface area (Å²) in [6, 6.07) is 0.510. The molecule has 2 heterocycles. The van der Waals surface area contributed by atoms with Gasteiger partial charge >= 0.3 is 0 Å². The first-order valence-electron chi connectivity index (χ1n) is 6.28. The molecule has 0 amide bonds. The van der Waals surface area contributed by atoms with Crippen molar-refractivity contribution in [1.82, 2.24) is 19.5 Å². The highest BCUT2D eigenvalue weighted by Gasteiger charge is 2.41. The summed E-state index contributed by atoms with van der Waals surface area (Å²) < 4.78 is 2.15. The van der Waals surface area contributed by atoms with Gasteiger partial charge in [0.25, 0.3) is 0 Å². The van der Waals surface area contributed by atoms with Crippen LogP contribution in [0, 0.1) is 11.8 Å². The highest BCUT2D eigenvalue weighted by molar-refractivity contribution is 6.35. The van der Waals surface area contributed by atoms with Crippen molar-refractivity contribution < 1.29 is 0 Å². The van der Waals surface area contributed by atoms with Crippen LogP contribution in [0.25, 0.3) is 11.2 Å². The number of rotatable bonds is 1. The highest BCUT2D eigenvalue weighted by Crippen LogP contribution is 2.51. The maximum atomic E-state index is 6.05. The van der Waals surface area contributed by atoms with Gasteiger partial charge in [0.15, 0.2) is 10.8 Å². The van der Waals surface area contributed by atoms with E-state index >= 15 is 0 Å². The summed E-state index contributed by atoms with van der Waals surface area (Å²) >= 11 is 11.9. The minimum atomic E-state index is 0.192. The molecule has 2 fully saturated rings. The van der Waals surface area contributed by atoms with E-state index in [1.807, 2.05) is 6.33 Å². The van der Waals surface area contributed by atoms with Crippen LogP contribution in [0.2, 0.25) is 10.4 Å². The maximum Gasteiger partial charge on any atom is 0.225 e. The van der Waals surface area contributed by atoms with E-state index in [9.17, 15) is 0 Å². The predicted octanol–water partition coefficient (Wildman–Crippen LogP) is 3.49. The van der Waals surface area contributed by atoms with Gasteiger partial charge in [0.05, 0.1) is 6.33 Å². The van der Waals surface area contributed by atoms with E-state index in [0.717, 1.165) is 17.5 Å². The van der Waals surface area contributed by atoms with Gasteiger partial charge in [0.1, 0.15) is 5.52 Å². The van der Waals surface area contributed by atoms with Gasteiger partial charge in [-0.3, -0.25) is 0 Å². The largest absolute Gasteiger partial charge is 0.312 e. The Balaban J connectivity index is 1.86. The molecule has 2 saturated carbocycles. The standard InChI is InChI=1S/C12H12Cl2N4/c13-10-9-11(17-12(14)16-10)18(5-15-9)8-4-6-1-2-7(8)3-6/h5-8H,1-4H2. The molecule has 4 rings (SSSR count). The molecule has 3 unspecified atom stereocenters. The van der Waals surface area contributed by atoms with Crippen molar-refractivity contribution in [3.05, 3.63) is 16.8 Å². The Labute approximate surface area is 114 Å². The predicted molar refractivity (Wildman–Crippen MR) is 69.8 cm³/mol. The Hall–Kier alpha value is -0.870. The zero-order chi connectivity index (χ0) is 12.3. The summed E-state index contributed by atoms with van der Waals surface area (Å²) in [7, 11) is 0. The van der Waals surface area contributed by atoms with Gasteiger partial charge in [-0.1, -0.05) is 18.0 Å². The molecule has 3 atom stereocenters. The van der Waals surface area contributed by atoms with Crippen molar-refractivity contribution in [2.75, 3.05) is 0 Å². The van der Waals surface area contributed by atoms with Crippen LogP contribution in [0.3, 0.4) is 0 Å². The minimum Gasteiger partial charge on any atom is -0.312 e. The van der Waals surface area contributed by atoms with Gasteiger partial charge in [0.2, 0.25) is 5.28 Å². The number of hydrogen-bond acceptors (Lipinski definition) is 3. The second-order valence-electron chi connectivity index (χ2n) is 5.35. The summed E-state index contributed by atoms with van der Waals surface area (Å²) in [5.74, 6) is 1.64. The van der Waals surface area contributed by atoms with Crippen molar-refractivity contribution in [3.63, 3.8) is 0 Å². The molecule has 0 aliphatic heterocycles. The Morgan fingerprint density at radius 1 is 1.17 bits per heavy atom. The topological polar surface area (TPSA) is 43.6 Å². The van der Waals surface area contributed by atoms with Gasteiger partial charge in [0, 0.05) is 6.04 Å². The van der Waals surface area contributed by atoms with Crippen molar-refractivity contribution in [3.8, 4) is 0 Å². The van der Waals surface area contributed by atoms with E-state index in [1.165, 1.54) is 25.7 Å². The van der Waals surface area contributed by atoms with Gasteiger partial charge in [-0.25, -0.2) is 9.97 Å². The van der Waals surface area contributed by atoms with Gasteiger partial charge in [-0.05, 0) is 42.7 Å². The number of hydrogen-bond donors (Lipinski definition) is 0. The van der Waals surface area contributed by atoms with Crippen LogP contribution in [0.15, 0.2) is 6.33 Å². The molecule has 94 valence electrons. The van der Waals surface area contributed by atoms with E-state index in [-0.39, 0.29) is 5.28 Å². The van der Waals surface area contributed by atoms with Crippen LogP contribution in [0.4, 0.5) is 0 Å². The molecule has 0 spiro atoms. The van der Waals surface area contributed by atoms with E-state index in [0.29, 0.717) is 16.7 Å². The molecule has 2 bridgehead atoms. The third-order valence-electron chi connectivity index (χ3n) is 4.41. The fourth-order valence-corrected chi connectivity index (χ4v) is 4.07. The second-order valence-corrected chi connectivity index (χ2v) is 6.05. The van der Waals surface area contributed by atoms with Crippen LogP contribution in [-0.4, -0.2) is 19.5 Å². The fraction of sp³-hybridized carbons (Fsp3) is 0.583. The molecular formula is C12H12Cl2N4. The number of imidazole rings is 1. The zero-order valence-electron chi connectivity index (χ0n) is 9.68. The molecule has 0 saturated heterocycles. The van der Waals surface area contributed by atoms with Crippen LogP contribution < -0.4 is 0 Å². The minimum absolute atomic E-state index is 0.192. The van der Waals surface area contributed by atoms with E-state index in [4.69, 9.17) is 23.2 Å². The number of halogens is 2. The average Bonchev–Trinajstić information content (AvgIpc) is 3.00. The third-order valence-corrected chi connectivity index (χ3v) is 4.84. The lowest BCUT2D eigenvalue weighted by molar-refractivity contribution is 0.334. The molecule has 6 heteroatoms. The lowest BCUT2D eigenvalue weighted by atomic mass is 9.95. The second kappa shape index (κ2) is 3.81. The van der Waals surface area contributed by atoms with E-state index < -0.39 is 0 Å². The molecule has 2 aromatic heterocycles. The molecular weight excluding hydrogens is 271 g/mol. The summed E-state index contributed by atoms with van der Waals surface area (Å²) in [6.07, 6.45) is 7.12. The SMILES string of the molecule is Clc1nc(Cl)c2ncn(C3CC4CCC3C4)c2n1. The molecule has 4 nitrogen and oxygen atoms in total. The highest BCUT2D eigenvalue weighted by atomic mass is 35.5. The molecule has 0 radical (unpaired) electrons. The summed E-state index contributed by atoms with van der Waals surface area (Å²) in [4.78, 5) is 12.6. The Morgan fingerprint density at radius 3 is 2.78 bits per heavy atom. The molecule has 0 aromatic carbocycles. The maximum absolute atomic E-state index is 6.05. The first-order chi connectivity index (χ1) is 8.72. The van der Waals surface area contributed by atoms with Crippen molar-refractivity contribution in [2.24, 2.45) is 11.8 Å². The molecule has 2 aromatic rings. The van der Waals surface area contributed by atoms with Crippen LogP contribution >= 0.6 is 23.2 Å². The monoisotopic (exact) mass is 282 g/mol. The molecule has 2 aliphatic carbocycles. The number of fused-ring (bicyclic) bond motifs is 3. The quantitative estimate of drug-likeness (QED) is 0.594.